The van der Waals surface area contributed by atoms with Gasteiger partial charge in [-0.3, -0.25) is 4.79 Å². The number of ketones is 1. The first kappa shape index (κ1) is 10.7. The van der Waals surface area contributed by atoms with Gasteiger partial charge in [0.1, 0.15) is 5.78 Å². The highest BCUT2D eigenvalue weighted by Crippen LogP contribution is 2.34. The van der Waals surface area contributed by atoms with Crippen molar-refractivity contribution in [1.29, 1.82) is 0 Å². The van der Waals surface area contributed by atoms with Crippen molar-refractivity contribution >= 4 is 5.78 Å². The molecule has 2 N–H and O–H groups in total. The second-order valence-corrected chi connectivity index (χ2v) is 5.29. The molecular weight excluding hydrogens is 162 g/mol. The molecule has 2 nitrogen and oxygen atoms in total. The van der Waals surface area contributed by atoms with E-state index in [2.05, 4.69) is 0 Å². The van der Waals surface area contributed by atoms with Crippen molar-refractivity contribution in [3.8, 4) is 0 Å². The van der Waals surface area contributed by atoms with Crippen LogP contribution in [-0.2, 0) is 4.79 Å². The van der Waals surface area contributed by atoms with Gasteiger partial charge in [-0.25, -0.2) is 0 Å². The molecule has 2 heteroatoms. The monoisotopic (exact) mass is 183 g/mol. The Labute approximate surface area is 80.9 Å². The van der Waals surface area contributed by atoms with Gasteiger partial charge in [0.05, 0.1) is 6.04 Å². The quantitative estimate of drug-likeness (QED) is 0.725. The van der Waals surface area contributed by atoms with Crippen LogP contribution in [0.1, 0.15) is 46.5 Å². The summed E-state index contributed by atoms with van der Waals surface area (Å²) in [5.74, 6) is 1.07. The second kappa shape index (κ2) is 3.79. The van der Waals surface area contributed by atoms with Crippen molar-refractivity contribution in [1.82, 2.24) is 0 Å². The van der Waals surface area contributed by atoms with E-state index in [1.54, 1.807) is 0 Å². The first-order chi connectivity index (χ1) is 5.91. The molecule has 1 rings (SSSR count). The first-order valence-corrected chi connectivity index (χ1v) is 5.19. The third-order valence-corrected chi connectivity index (χ3v) is 2.78. The Morgan fingerprint density at radius 3 is 2.38 bits per heavy atom. The van der Waals surface area contributed by atoms with Crippen LogP contribution >= 0.6 is 0 Å². The number of hydrogen-bond acceptors (Lipinski definition) is 2. The Kier molecular flexibility index (Phi) is 3.12. The fourth-order valence-corrected chi connectivity index (χ4v) is 1.39. The number of hydrogen-bond donors (Lipinski definition) is 1. The Balaban J connectivity index is 2.28. The lowest BCUT2D eigenvalue weighted by molar-refractivity contribution is -0.122. The molecule has 76 valence electrons. The number of Topliss-reactive ketones (excluding diaryl/α,β-unsaturated/α-hetero) is 1. The Morgan fingerprint density at radius 1 is 1.46 bits per heavy atom. The van der Waals surface area contributed by atoms with Crippen LogP contribution in [0.4, 0.5) is 0 Å². The van der Waals surface area contributed by atoms with Crippen molar-refractivity contribution in [3.63, 3.8) is 0 Å². The molecule has 0 radical (unpaired) electrons. The van der Waals surface area contributed by atoms with E-state index >= 15 is 0 Å². The van der Waals surface area contributed by atoms with E-state index in [0.29, 0.717) is 6.42 Å². The molecule has 1 unspecified atom stereocenters. The van der Waals surface area contributed by atoms with Gasteiger partial charge in [0.25, 0.3) is 0 Å². The Hall–Kier alpha value is -0.370. The van der Waals surface area contributed by atoms with E-state index in [1.165, 1.54) is 12.8 Å². The van der Waals surface area contributed by atoms with E-state index < -0.39 is 0 Å². The molecule has 0 aromatic carbocycles. The maximum Gasteiger partial charge on any atom is 0.150 e. The van der Waals surface area contributed by atoms with Crippen LogP contribution in [-0.4, -0.2) is 11.8 Å². The highest BCUT2D eigenvalue weighted by Gasteiger charge is 2.29. The minimum atomic E-state index is -0.286. The van der Waals surface area contributed by atoms with Crippen molar-refractivity contribution < 1.29 is 4.79 Å². The van der Waals surface area contributed by atoms with Crippen molar-refractivity contribution in [2.45, 2.75) is 52.5 Å². The molecule has 1 aliphatic rings. The minimum absolute atomic E-state index is 0.0827. The van der Waals surface area contributed by atoms with E-state index in [-0.39, 0.29) is 17.2 Å². The molecule has 1 fully saturated rings. The highest BCUT2D eigenvalue weighted by molar-refractivity contribution is 5.84. The molecule has 0 aromatic rings. The highest BCUT2D eigenvalue weighted by atomic mass is 16.1. The lowest BCUT2D eigenvalue weighted by Crippen LogP contribution is -2.42. The SMILES string of the molecule is CC(C)(C)C(N)C(=O)CCC1CC1. The molecule has 13 heavy (non-hydrogen) atoms. The molecular formula is C11H21NO. The summed E-state index contributed by atoms with van der Waals surface area (Å²) in [6, 6.07) is -0.286. The van der Waals surface area contributed by atoms with E-state index in [0.717, 1.165) is 12.3 Å². The average molecular weight is 183 g/mol. The number of carbonyl (C=O) groups excluding carboxylic acids is 1. The molecule has 0 aromatic heterocycles. The molecule has 0 bridgehead atoms. The first-order valence-electron chi connectivity index (χ1n) is 5.19. The molecule has 1 atom stereocenters. The number of carbonyl (C=O) groups is 1. The molecule has 0 saturated heterocycles. The summed E-state index contributed by atoms with van der Waals surface area (Å²) in [6.45, 7) is 6.06. The average Bonchev–Trinajstić information content (AvgIpc) is 2.80. The third kappa shape index (κ3) is 3.47. The third-order valence-electron chi connectivity index (χ3n) is 2.78. The predicted molar refractivity (Wildman–Crippen MR) is 54.4 cm³/mol. The summed E-state index contributed by atoms with van der Waals surface area (Å²) >= 11 is 0. The number of rotatable bonds is 4. The van der Waals surface area contributed by atoms with Crippen LogP contribution < -0.4 is 5.73 Å². The van der Waals surface area contributed by atoms with Crippen LogP contribution in [0, 0.1) is 11.3 Å². The Morgan fingerprint density at radius 2 is 2.00 bits per heavy atom. The second-order valence-electron chi connectivity index (χ2n) is 5.29. The summed E-state index contributed by atoms with van der Waals surface area (Å²) in [7, 11) is 0. The minimum Gasteiger partial charge on any atom is -0.321 e. The molecule has 1 aliphatic carbocycles. The Bertz CT molecular complexity index is 189. The summed E-state index contributed by atoms with van der Waals surface area (Å²) < 4.78 is 0. The normalized spacial score (nSPS) is 20.0. The summed E-state index contributed by atoms with van der Waals surface area (Å²) in [4.78, 5) is 11.6. The molecule has 0 spiro atoms. The van der Waals surface area contributed by atoms with Gasteiger partial charge in [0, 0.05) is 6.42 Å². The van der Waals surface area contributed by atoms with Gasteiger partial charge in [0.15, 0.2) is 0 Å². The molecule has 0 heterocycles. The smallest absolute Gasteiger partial charge is 0.150 e. The van der Waals surface area contributed by atoms with Gasteiger partial charge in [-0.15, -0.1) is 0 Å². The van der Waals surface area contributed by atoms with Crippen LogP contribution in [0.3, 0.4) is 0 Å². The van der Waals surface area contributed by atoms with Gasteiger partial charge in [-0.2, -0.15) is 0 Å². The summed E-state index contributed by atoms with van der Waals surface area (Å²) in [5, 5.41) is 0. The van der Waals surface area contributed by atoms with Crippen molar-refractivity contribution in [2.75, 3.05) is 0 Å². The predicted octanol–water partition coefficient (Wildman–Crippen LogP) is 2.12. The maximum absolute atomic E-state index is 11.6. The van der Waals surface area contributed by atoms with E-state index in [4.69, 9.17) is 5.73 Å². The van der Waals surface area contributed by atoms with Gasteiger partial charge in [-0.05, 0) is 17.8 Å². The summed E-state index contributed by atoms with van der Waals surface area (Å²) in [6.07, 6.45) is 4.38. The van der Waals surface area contributed by atoms with Crippen LogP contribution in [0.25, 0.3) is 0 Å². The van der Waals surface area contributed by atoms with E-state index in [1.807, 2.05) is 20.8 Å². The maximum atomic E-state index is 11.6. The van der Waals surface area contributed by atoms with Gasteiger partial charge < -0.3 is 5.73 Å². The van der Waals surface area contributed by atoms with Crippen LogP contribution in [0.15, 0.2) is 0 Å². The molecule has 0 amide bonds. The standard InChI is InChI=1S/C11H21NO/c1-11(2,3)10(12)9(13)7-6-8-4-5-8/h8,10H,4-7,12H2,1-3H3. The zero-order chi connectivity index (χ0) is 10.1. The van der Waals surface area contributed by atoms with Gasteiger partial charge >= 0.3 is 0 Å². The molecule has 0 aliphatic heterocycles. The van der Waals surface area contributed by atoms with Crippen molar-refractivity contribution in [2.24, 2.45) is 17.1 Å². The van der Waals surface area contributed by atoms with Crippen molar-refractivity contribution in [3.05, 3.63) is 0 Å². The summed E-state index contributed by atoms with van der Waals surface area (Å²) in [5.41, 5.74) is 5.77. The number of nitrogens with two attached hydrogens (primary N) is 1. The van der Waals surface area contributed by atoms with Gasteiger partial charge in [-0.1, -0.05) is 33.6 Å². The fraction of sp³-hybridized carbons (Fsp3) is 0.909. The lowest BCUT2D eigenvalue weighted by atomic mass is 9.83. The molecule has 1 saturated carbocycles. The topological polar surface area (TPSA) is 43.1 Å². The zero-order valence-electron chi connectivity index (χ0n) is 8.97. The largest absolute Gasteiger partial charge is 0.321 e. The van der Waals surface area contributed by atoms with Crippen LogP contribution in [0.5, 0.6) is 0 Å². The van der Waals surface area contributed by atoms with Gasteiger partial charge in [0.2, 0.25) is 0 Å². The lowest BCUT2D eigenvalue weighted by Gasteiger charge is -2.25. The van der Waals surface area contributed by atoms with Crippen LogP contribution in [0.2, 0.25) is 0 Å². The zero-order valence-corrected chi connectivity index (χ0v) is 8.97. The van der Waals surface area contributed by atoms with E-state index in [9.17, 15) is 4.79 Å². The fourth-order valence-electron chi connectivity index (χ4n) is 1.39.